The van der Waals surface area contributed by atoms with Crippen LogP contribution in [0.3, 0.4) is 0 Å². The van der Waals surface area contributed by atoms with Crippen molar-refractivity contribution in [3.05, 3.63) is 0 Å². The van der Waals surface area contributed by atoms with E-state index >= 15 is 0 Å². The highest BCUT2D eigenvalue weighted by molar-refractivity contribution is 6.75. The third-order valence-corrected chi connectivity index (χ3v) is 8.07. The van der Waals surface area contributed by atoms with Gasteiger partial charge in [0.15, 0.2) is 0 Å². The van der Waals surface area contributed by atoms with Crippen LogP contribution in [0.25, 0.3) is 0 Å². The molecule has 0 amide bonds. The second-order valence-electron chi connectivity index (χ2n) is 5.10. The summed E-state index contributed by atoms with van der Waals surface area (Å²) >= 11 is 5.61. The molecular weight excluding hydrogens is 264 g/mol. The van der Waals surface area contributed by atoms with Crippen LogP contribution in [0.4, 0.5) is 0 Å². The minimum atomic E-state index is -1.88. The van der Waals surface area contributed by atoms with Gasteiger partial charge in [-0.3, -0.25) is 4.79 Å². The van der Waals surface area contributed by atoms with Gasteiger partial charge < -0.3 is 4.43 Å². The molecule has 0 saturated heterocycles. The highest BCUT2D eigenvalue weighted by atomic mass is 35.5. The third kappa shape index (κ3) is 7.42. The van der Waals surface area contributed by atoms with E-state index in [2.05, 4.69) is 20.8 Å². The molecule has 0 saturated carbocycles. The first-order chi connectivity index (χ1) is 8.64. The van der Waals surface area contributed by atoms with Crippen LogP contribution in [-0.4, -0.2) is 20.2 Å². The Kier molecular flexibility index (Phi) is 10.8. The lowest BCUT2D eigenvalue weighted by molar-refractivity contribution is -0.132. The number of halogens is 1. The van der Waals surface area contributed by atoms with E-state index in [0.29, 0.717) is 0 Å². The zero-order valence-corrected chi connectivity index (χ0v) is 14.0. The van der Waals surface area contributed by atoms with Gasteiger partial charge >= 0.3 is 5.97 Å². The van der Waals surface area contributed by atoms with Crippen LogP contribution >= 0.6 is 11.6 Å². The van der Waals surface area contributed by atoms with E-state index in [1.54, 1.807) is 0 Å². The van der Waals surface area contributed by atoms with Crippen LogP contribution in [-0.2, 0) is 9.22 Å². The highest BCUT2D eigenvalue weighted by Crippen LogP contribution is 2.29. The van der Waals surface area contributed by atoms with Crippen LogP contribution in [0.1, 0.15) is 59.3 Å². The van der Waals surface area contributed by atoms with Gasteiger partial charge in [-0.2, -0.15) is 0 Å². The van der Waals surface area contributed by atoms with Gasteiger partial charge in [0, 0.05) is 0 Å². The molecule has 0 heterocycles. The fraction of sp³-hybridized carbons (Fsp3) is 0.929. The summed E-state index contributed by atoms with van der Waals surface area (Å²) in [4.78, 5) is 11.6. The number of carbonyl (C=O) groups excluding carboxylic acids is 1. The summed E-state index contributed by atoms with van der Waals surface area (Å²) < 4.78 is 5.86. The van der Waals surface area contributed by atoms with Crippen molar-refractivity contribution in [3.8, 4) is 0 Å². The number of rotatable bonds is 11. The number of alkyl halides is 1. The molecule has 0 aromatic carbocycles. The number of hydrogen-bond donors (Lipinski definition) is 0. The summed E-state index contributed by atoms with van der Waals surface area (Å²) in [7, 11) is -1.88. The molecule has 0 rings (SSSR count). The largest absolute Gasteiger partial charge is 0.518 e. The van der Waals surface area contributed by atoms with Gasteiger partial charge in [0.05, 0.1) is 0 Å². The fourth-order valence-electron chi connectivity index (χ4n) is 2.29. The average molecular weight is 293 g/mol. The normalized spacial score (nSPS) is 11.6. The molecule has 0 spiro atoms. The first kappa shape index (κ1) is 18.0. The molecule has 0 fully saturated rings. The smallest absolute Gasteiger partial charge is 0.307 e. The zero-order chi connectivity index (χ0) is 13.9. The molecule has 0 radical (unpaired) electrons. The minimum Gasteiger partial charge on any atom is -0.518 e. The maximum Gasteiger partial charge on any atom is 0.307 e. The van der Waals surface area contributed by atoms with Crippen molar-refractivity contribution in [2.75, 3.05) is 5.88 Å². The van der Waals surface area contributed by atoms with Gasteiger partial charge in [0.1, 0.15) is 5.88 Å². The van der Waals surface area contributed by atoms with Crippen molar-refractivity contribution in [1.29, 1.82) is 0 Å². The average Bonchev–Trinajstić information content (AvgIpc) is 2.40. The Morgan fingerprint density at radius 3 is 1.61 bits per heavy atom. The summed E-state index contributed by atoms with van der Waals surface area (Å²) in [6, 6.07) is 3.35. The second kappa shape index (κ2) is 10.9. The quantitative estimate of drug-likeness (QED) is 0.390. The molecule has 0 aliphatic carbocycles. The topological polar surface area (TPSA) is 26.3 Å². The van der Waals surface area contributed by atoms with E-state index in [-0.39, 0.29) is 11.8 Å². The van der Waals surface area contributed by atoms with Crippen molar-refractivity contribution >= 4 is 25.9 Å². The summed E-state index contributed by atoms with van der Waals surface area (Å²) in [5.41, 5.74) is 0. The second-order valence-corrected chi connectivity index (χ2v) is 9.44. The van der Waals surface area contributed by atoms with Crippen molar-refractivity contribution < 1.29 is 9.22 Å². The van der Waals surface area contributed by atoms with E-state index < -0.39 is 8.32 Å². The van der Waals surface area contributed by atoms with Crippen molar-refractivity contribution in [3.63, 3.8) is 0 Å². The summed E-state index contributed by atoms with van der Waals surface area (Å²) in [6.07, 6.45) is 7.04. The molecule has 108 valence electrons. The molecule has 0 atom stereocenters. The van der Waals surface area contributed by atoms with Crippen LogP contribution in [0.5, 0.6) is 0 Å². The highest BCUT2D eigenvalue weighted by Gasteiger charge is 2.36. The van der Waals surface area contributed by atoms with Gasteiger partial charge in [0.2, 0.25) is 0 Å². The van der Waals surface area contributed by atoms with E-state index in [0.717, 1.165) is 18.1 Å². The minimum absolute atomic E-state index is 0.000868. The van der Waals surface area contributed by atoms with Crippen LogP contribution in [0.2, 0.25) is 18.1 Å². The molecule has 0 unspecified atom stereocenters. The van der Waals surface area contributed by atoms with Gasteiger partial charge in [-0.1, -0.05) is 59.3 Å². The van der Waals surface area contributed by atoms with Gasteiger partial charge in [-0.15, -0.1) is 11.6 Å². The summed E-state index contributed by atoms with van der Waals surface area (Å²) in [5.74, 6) is -0.203. The molecule has 0 aromatic rings. The van der Waals surface area contributed by atoms with E-state index in [1.807, 2.05) is 0 Å². The lowest BCUT2D eigenvalue weighted by Gasteiger charge is -2.31. The summed E-state index contributed by atoms with van der Waals surface area (Å²) in [6.45, 7) is 6.59. The molecular formula is C14H29ClO2Si. The maximum absolute atomic E-state index is 11.6. The first-order valence-corrected chi connectivity index (χ1v) is 10.5. The van der Waals surface area contributed by atoms with Crippen LogP contribution < -0.4 is 0 Å². The van der Waals surface area contributed by atoms with Crippen molar-refractivity contribution in [2.45, 2.75) is 77.4 Å². The van der Waals surface area contributed by atoms with Crippen molar-refractivity contribution in [1.82, 2.24) is 0 Å². The Labute approximate surface area is 119 Å². The first-order valence-electron chi connectivity index (χ1n) is 7.42. The van der Waals surface area contributed by atoms with Crippen LogP contribution in [0.15, 0.2) is 0 Å². The molecule has 2 nitrogen and oxygen atoms in total. The van der Waals surface area contributed by atoms with E-state index in [4.69, 9.17) is 16.0 Å². The van der Waals surface area contributed by atoms with Crippen LogP contribution in [0, 0.1) is 0 Å². The molecule has 4 heteroatoms. The summed E-state index contributed by atoms with van der Waals surface area (Å²) in [5, 5.41) is 0. The number of hydrogen-bond acceptors (Lipinski definition) is 2. The molecule has 0 aromatic heterocycles. The molecule has 18 heavy (non-hydrogen) atoms. The predicted octanol–water partition coefficient (Wildman–Crippen LogP) is 5.11. The Morgan fingerprint density at radius 2 is 1.33 bits per heavy atom. The fourth-order valence-corrected chi connectivity index (χ4v) is 7.04. The SMILES string of the molecule is CCCC[Si](CCCC)(CCCC)OC(=O)CCl. The standard InChI is InChI=1S/C14H29ClO2Si/c1-4-7-10-18(11-8-5-2,12-9-6-3)17-14(16)13-15/h4-13H2,1-3H3. The number of unbranched alkanes of at least 4 members (excludes halogenated alkanes) is 3. The Hall–Kier alpha value is -0.0231. The molecule has 0 bridgehead atoms. The van der Waals surface area contributed by atoms with E-state index in [1.165, 1.54) is 38.5 Å². The monoisotopic (exact) mass is 292 g/mol. The Morgan fingerprint density at radius 1 is 0.944 bits per heavy atom. The van der Waals surface area contributed by atoms with Gasteiger partial charge in [0.25, 0.3) is 8.32 Å². The van der Waals surface area contributed by atoms with Gasteiger partial charge in [-0.25, -0.2) is 0 Å². The molecule has 0 aliphatic rings. The van der Waals surface area contributed by atoms with Crippen molar-refractivity contribution in [2.24, 2.45) is 0 Å². The Balaban J connectivity index is 4.66. The maximum atomic E-state index is 11.6. The third-order valence-electron chi connectivity index (χ3n) is 3.40. The van der Waals surface area contributed by atoms with Gasteiger partial charge in [-0.05, 0) is 18.1 Å². The lowest BCUT2D eigenvalue weighted by Crippen LogP contribution is -2.40. The molecule has 0 aliphatic heterocycles. The lowest BCUT2D eigenvalue weighted by atomic mass is 10.4. The zero-order valence-electron chi connectivity index (χ0n) is 12.3. The predicted molar refractivity (Wildman–Crippen MR) is 81.7 cm³/mol. The number of carbonyl (C=O) groups is 1. The Bertz CT molecular complexity index is 200. The molecule has 0 N–H and O–H groups in total. The van der Waals surface area contributed by atoms with E-state index in [9.17, 15) is 4.79 Å².